The number of carbonyl (C=O) groups is 1. The average molecular weight is 492 g/mol. The molecule has 0 aromatic heterocycles. The quantitative estimate of drug-likeness (QED) is 0.135. The third-order valence-electron chi connectivity index (χ3n) is 4.68. The fourth-order valence-corrected chi connectivity index (χ4v) is 3.65. The monoisotopic (exact) mass is 492 g/mol. The number of phenolic OH excluding ortho intramolecular Hbond substituents is 2. The Balaban J connectivity index is 0.000000622. The molecule has 0 atom stereocenters. The molecule has 5 rings (SSSR count). The van der Waals surface area contributed by atoms with Gasteiger partial charge in [-0.05, 0) is 30.3 Å². The van der Waals surface area contributed by atoms with E-state index in [1.165, 1.54) is 24.3 Å². The number of hydrogen-bond donors (Lipinski definition) is 2. The van der Waals surface area contributed by atoms with E-state index in [-0.39, 0.29) is 76.1 Å². The zero-order valence-electron chi connectivity index (χ0n) is 17.4. The van der Waals surface area contributed by atoms with Gasteiger partial charge < -0.3 is 34.3 Å². The Morgan fingerprint density at radius 3 is 1.73 bits per heavy atom. The molecule has 3 aromatic rings. The molecule has 0 saturated heterocycles. The Bertz CT molecular complexity index is 1230. The number of rotatable bonds is 0. The van der Waals surface area contributed by atoms with Gasteiger partial charge in [0, 0.05) is 39.2 Å². The number of ether oxygens (including phenoxy) is 2. The van der Waals surface area contributed by atoms with Crippen LogP contribution in [-0.2, 0) is 20.7 Å². The largest absolute Gasteiger partial charge is 1.00 e. The molecule has 162 valence electrons. The Kier molecular flexibility index (Phi) is 9.57. The van der Waals surface area contributed by atoms with Crippen molar-refractivity contribution in [3.8, 4) is 23.0 Å². The van der Waals surface area contributed by atoms with E-state index in [1.807, 2.05) is 12.1 Å². The predicted octanol–water partition coefficient (Wildman–Crippen LogP) is -4.49. The molecule has 33 heavy (non-hydrogen) atoms. The van der Waals surface area contributed by atoms with Crippen LogP contribution in [0.2, 0.25) is 0 Å². The van der Waals surface area contributed by atoms with Gasteiger partial charge in [0.05, 0.1) is 5.56 Å². The van der Waals surface area contributed by atoms with Crippen molar-refractivity contribution in [3.05, 3.63) is 82.9 Å². The Hall–Kier alpha value is -1.64. The van der Waals surface area contributed by atoms with E-state index in [1.54, 1.807) is 24.3 Å². The Morgan fingerprint density at radius 1 is 0.788 bits per heavy atom. The van der Waals surface area contributed by atoms with Gasteiger partial charge >= 0.3 is 65.1 Å². The molecule has 3 aromatic carbocycles. The summed E-state index contributed by atoms with van der Waals surface area (Å²) >= 11 is 0. The number of phenols is 2. The molecular formula is C20H14Na2O10S. The first-order valence-electron chi connectivity index (χ1n) is 8.44. The summed E-state index contributed by atoms with van der Waals surface area (Å²) in [6.07, 6.45) is 0. The first-order valence-corrected chi connectivity index (χ1v) is 9.77. The van der Waals surface area contributed by atoms with Crippen molar-refractivity contribution in [3.63, 3.8) is 0 Å². The summed E-state index contributed by atoms with van der Waals surface area (Å²) in [6.45, 7) is 0. The minimum atomic E-state index is -5.17. The third kappa shape index (κ3) is 5.54. The van der Waals surface area contributed by atoms with Gasteiger partial charge in [0.1, 0.15) is 23.0 Å². The number of carbonyl (C=O) groups excluding carboxylic acids is 1. The van der Waals surface area contributed by atoms with Gasteiger partial charge in [-0.25, -0.2) is 4.79 Å². The van der Waals surface area contributed by atoms with Crippen LogP contribution in [0.4, 0.5) is 0 Å². The van der Waals surface area contributed by atoms with E-state index < -0.39 is 22.0 Å². The average Bonchev–Trinajstić information content (AvgIpc) is 2.94. The van der Waals surface area contributed by atoms with Crippen molar-refractivity contribution in [1.29, 1.82) is 0 Å². The molecule has 0 radical (unpaired) electrons. The van der Waals surface area contributed by atoms with Crippen LogP contribution in [0.15, 0.2) is 60.7 Å². The maximum absolute atomic E-state index is 12.5. The number of hydrogen-bond acceptors (Lipinski definition) is 9. The number of esters is 1. The predicted molar refractivity (Wildman–Crippen MR) is 102 cm³/mol. The summed E-state index contributed by atoms with van der Waals surface area (Å²) in [5.74, 6) is 0.408. The van der Waals surface area contributed by atoms with Crippen LogP contribution in [0.3, 0.4) is 0 Å². The molecular weight excluding hydrogens is 478 g/mol. The van der Waals surface area contributed by atoms with Crippen molar-refractivity contribution in [1.82, 2.24) is 0 Å². The fraction of sp³-hybridized carbons (Fsp3) is 0.0500. The summed E-state index contributed by atoms with van der Waals surface area (Å²) in [5.41, 5.74) is 1.28. The molecule has 0 unspecified atom stereocenters. The van der Waals surface area contributed by atoms with E-state index >= 15 is 0 Å². The van der Waals surface area contributed by atoms with Gasteiger partial charge in [-0.1, -0.05) is 18.2 Å². The SMILES string of the molecule is O.O=C1OC2(c3ccc(O)cc3Oc3cc(O)ccc32)c2ccccc21.O=S(=O)([O-])[O-].[Na+].[Na+]. The summed E-state index contributed by atoms with van der Waals surface area (Å²) in [7, 11) is -5.17. The van der Waals surface area contributed by atoms with Crippen molar-refractivity contribution in [2.45, 2.75) is 5.60 Å². The molecule has 0 fully saturated rings. The molecule has 2 aliphatic heterocycles. The van der Waals surface area contributed by atoms with Gasteiger partial charge in [0.25, 0.3) is 0 Å². The summed E-state index contributed by atoms with van der Waals surface area (Å²) in [6, 6.07) is 16.6. The van der Waals surface area contributed by atoms with Gasteiger partial charge in [0.2, 0.25) is 0 Å². The topological polar surface area (TPSA) is 188 Å². The normalized spacial score (nSPS) is 13.7. The molecule has 1 spiro atoms. The zero-order chi connectivity index (χ0) is 21.7. The maximum Gasteiger partial charge on any atom is 1.00 e. The molecule has 0 bridgehead atoms. The maximum atomic E-state index is 12.5. The molecule has 0 amide bonds. The molecule has 0 aliphatic carbocycles. The van der Waals surface area contributed by atoms with Crippen LogP contribution in [-0.4, -0.2) is 39.2 Å². The Morgan fingerprint density at radius 2 is 1.24 bits per heavy atom. The zero-order valence-corrected chi connectivity index (χ0v) is 22.3. The standard InChI is InChI=1S/C20H12O5.2Na.H2O4S.H2O/c21-11-5-7-15-17(9-11)24-18-10-12(22)6-8-16(18)20(15)14-4-2-1-3-13(14)19(23)25-20;;;1-5(2,3)4;/h1-10,21-22H;;;(H2,1,2,3,4);1H2/q;2*+1;;/p-2. The summed E-state index contributed by atoms with van der Waals surface area (Å²) < 4.78 is 45.9. The minimum absolute atomic E-state index is 0. The van der Waals surface area contributed by atoms with Gasteiger partial charge in [-0.15, -0.1) is 0 Å². The number of aromatic hydroxyl groups is 2. The van der Waals surface area contributed by atoms with E-state index in [0.717, 1.165) is 0 Å². The number of benzene rings is 3. The van der Waals surface area contributed by atoms with Gasteiger partial charge in [0.15, 0.2) is 5.60 Å². The molecule has 13 heteroatoms. The van der Waals surface area contributed by atoms with E-state index in [0.29, 0.717) is 33.8 Å². The third-order valence-corrected chi connectivity index (χ3v) is 4.68. The summed E-state index contributed by atoms with van der Waals surface area (Å²) in [4.78, 5) is 12.5. The second-order valence-electron chi connectivity index (χ2n) is 6.49. The van der Waals surface area contributed by atoms with Gasteiger partial charge in [-0.3, -0.25) is 8.42 Å². The minimum Gasteiger partial charge on any atom is -0.759 e. The van der Waals surface area contributed by atoms with Gasteiger partial charge in [-0.2, -0.15) is 0 Å². The van der Waals surface area contributed by atoms with E-state index in [2.05, 4.69) is 0 Å². The van der Waals surface area contributed by atoms with E-state index in [4.69, 9.17) is 27.0 Å². The second kappa shape index (κ2) is 10.7. The van der Waals surface area contributed by atoms with Crippen molar-refractivity contribution < 1.29 is 107 Å². The van der Waals surface area contributed by atoms with Crippen molar-refractivity contribution in [2.24, 2.45) is 0 Å². The van der Waals surface area contributed by atoms with Crippen LogP contribution in [0.25, 0.3) is 0 Å². The van der Waals surface area contributed by atoms with Crippen LogP contribution in [0.5, 0.6) is 23.0 Å². The first kappa shape index (κ1) is 29.4. The van der Waals surface area contributed by atoms with Crippen LogP contribution in [0, 0.1) is 0 Å². The molecule has 2 heterocycles. The van der Waals surface area contributed by atoms with Crippen molar-refractivity contribution >= 4 is 16.4 Å². The smallest absolute Gasteiger partial charge is 0.759 e. The molecule has 0 saturated carbocycles. The van der Waals surface area contributed by atoms with Crippen LogP contribution >= 0.6 is 0 Å². The number of fused-ring (bicyclic) bond motifs is 6. The van der Waals surface area contributed by atoms with Crippen LogP contribution in [0.1, 0.15) is 27.0 Å². The second-order valence-corrected chi connectivity index (χ2v) is 7.30. The molecule has 10 nitrogen and oxygen atoms in total. The first-order chi connectivity index (χ1) is 14.1. The van der Waals surface area contributed by atoms with E-state index in [9.17, 15) is 15.0 Å². The molecule has 2 aliphatic rings. The summed E-state index contributed by atoms with van der Waals surface area (Å²) in [5, 5.41) is 19.7. The Labute approximate surface area is 232 Å². The van der Waals surface area contributed by atoms with Crippen molar-refractivity contribution in [2.75, 3.05) is 0 Å². The molecule has 4 N–H and O–H groups in total. The fourth-order valence-electron chi connectivity index (χ4n) is 3.65. The van der Waals surface area contributed by atoms with Crippen LogP contribution < -0.4 is 63.9 Å².